The van der Waals surface area contributed by atoms with Crippen LogP contribution in [0.25, 0.3) is 0 Å². The number of nitrogens with zero attached hydrogens (tertiary/aromatic N) is 8. The summed E-state index contributed by atoms with van der Waals surface area (Å²) in [5.74, 6) is -6.12. The van der Waals surface area contributed by atoms with E-state index < -0.39 is 90.6 Å². The van der Waals surface area contributed by atoms with E-state index in [2.05, 4.69) is 165 Å². The molecule has 38 heteroatoms. The predicted molar refractivity (Wildman–Crippen MR) is 483 cm³/mol. The Bertz CT molecular complexity index is 2930. The summed E-state index contributed by atoms with van der Waals surface area (Å²) in [6.45, 7) is 65.7. The Morgan fingerprint density at radius 2 is 0.362 bits per heavy atom. The monoisotopic (exact) mass is 1820 g/mol. The highest BCUT2D eigenvalue weighted by Gasteiger charge is 2.53. The van der Waals surface area contributed by atoms with Crippen LogP contribution in [0.1, 0.15) is 307 Å². The van der Waals surface area contributed by atoms with Gasteiger partial charge in [0.25, 0.3) is 0 Å². The molecular weight excluding hydrogens is 1650 g/mol. The number of hydrogen-bond acceptors (Lipinski definition) is 28. The van der Waals surface area contributed by atoms with E-state index in [1.165, 1.54) is 4.90 Å². The van der Waals surface area contributed by atoms with Crippen LogP contribution in [0.4, 0.5) is 0 Å². The van der Waals surface area contributed by atoms with Gasteiger partial charge in [-0.25, -0.2) is 0 Å². The SMILES string of the molecule is CC(=O)NC1CC(C)(C)N(OCC(C)(C)O)C(C)(C)C1.CC(=O)NC1CC(C)(C)N(OCC(C)(C)O)C(C)(C)C1.CC(=O)NC1CC(C)(C)N(OCC(C)(C)O)C(C)(C)C1.CC(=O)NC1CC(C)(C)N(OCC(C)(C)O)C(C)(C)C1.CC(=O)NC1CC(C)(C)N(OCC(C)(C)O)C(C)(C)C1.O=C(O)CN(CCN(CC(=O)O)CC(=O)O)CCN(CC(=O)O)CC(=O)O. The van der Waals surface area contributed by atoms with E-state index in [0.29, 0.717) is 0 Å². The fraction of sp³-hybridized carbons (Fsp3) is 0.888. The molecule has 15 N–H and O–H groups in total. The van der Waals surface area contributed by atoms with Crippen LogP contribution >= 0.6 is 0 Å². The molecule has 0 atom stereocenters. The minimum atomic E-state index is -1.24. The van der Waals surface area contributed by atoms with Crippen molar-refractivity contribution < 1.29 is 123 Å². The molecular formula is C89H173N13O25. The fourth-order valence-electron chi connectivity index (χ4n) is 18.3. The number of rotatable bonds is 36. The van der Waals surface area contributed by atoms with Gasteiger partial charge in [-0.05, 0) is 272 Å². The van der Waals surface area contributed by atoms with E-state index >= 15 is 0 Å². The van der Waals surface area contributed by atoms with Crippen molar-refractivity contribution in [3.05, 3.63) is 0 Å². The largest absolute Gasteiger partial charge is 0.480 e. The van der Waals surface area contributed by atoms with Crippen molar-refractivity contribution in [2.75, 3.05) is 91.9 Å². The van der Waals surface area contributed by atoms with E-state index in [1.54, 1.807) is 104 Å². The number of piperidine rings is 5. The molecule has 5 heterocycles. The summed E-state index contributed by atoms with van der Waals surface area (Å²) in [6.07, 6.45) is 8.21. The normalized spacial score (nSPS) is 20.9. The van der Waals surface area contributed by atoms with E-state index in [1.807, 2.05) is 25.3 Å². The molecule has 0 spiro atoms. The number of carbonyl (C=O) groups excluding carboxylic acids is 5. The zero-order chi connectivity index (χ0) is 99.8. The van der Waals surface area contributed by atoms with Crippen LogP contribution in [0, 0.1) is 0 Å². The highest BCUT2D eigenvalue weighted by Crippen LogP contribution is 2.44. The first-order chi connectivity index (χ1) is 56.7. The highest BCUT2D eigenvalue weighted by molar-refractivity contribution is 5.76. The molecule has 0 radical (unpaired) electrons. The van der Waals surface area contributed by atoms with Crippen LogP contribution in [0.2, 0.25) is 0 Å². The fourth-order valence-corrected chi connectivity index (χ4v) is 18.3. The summed E-state index contributed by atoms with van der Waals surface area (Å²) in [4.78, 5) is 144. The lowest BCUT2D eigenvalue weighted by Gasteiger charge is -2.54. The second kappa shape index (κ2) is 48.6. The number of carboxylic acid groups (broad SMARTS) is 5. The van der Waals surface area contributed by atoms with Gasteiger partial charge >= 0.3 is 29.8 Å². The minimum absolute atomic E-state index is 0.000836. The van der Waals surface area contributed by atoms with Gasteiger partial charge in [-0.3, -0.25) is 86.8 Å². The van der Waals surface area contributed by atoms with Crippen LogP contribution in [-0.4, -0.2) is 356 Å². The van der Waals surface area contributed by atoms with Gasteiger partial charge in [-0.2, -0.15) is 25.3 Å². The van der Waals surface area contributed by atoms with Gasteiger partial charge in [0.2, 0.25) is 29.5 Å². The van der Waals surface area contributed by atoms with E-state index in [-0.39, 0.29) is 174 Å². The lowest BCUT2D eigenvalue weighted by Crippen LogP contribution is -2.64. The van der Waals surface area contributed by atoms with Gasteiger partial charge in [-0.15, -0.1) is 0 Å². The molecule has 0 aromatic rings. The van der Waals surface area contributed by atoms with Gasteiger partial charge in [0.1, 0.15) is 0 Å². The minimum Gasteiger partial charge on any atom is -0.480 e. The molecule has 0 saturated carbocycles. The summed E-state index contributed by atoms with van der Waals surface area (Å²) in [6, 6.07) is 0.762. The van der Waals surface area contributed by atoms with Gasteiger partial charge in [-0.1, -0.05) is 0 Å². The first-order valence-electron chi connectivity index (χ1n) is 44.1. The number of carbonyl (C=O) groups is 10. The molecule has 0 bridgehead atoms. The molecule has 5 rings (SSSR count). The van der Waals surface area contributed by atoms with Crippen LogP contribution in [-0.2, 0) is 72.1 Å². The highest BCUT2D eigenvalue weighted by atomic mass is 16.7. The molecule has 5 fully saturated rings. The molecule has 5 aliphatic rings. The van der Waals surface area contributed by atoms with Crippen molar-refractivity contribution in [1.82, 2.24) is 66.6 Å². The van der Waals surface area contributed by atoms with Crippen molar-refractivity contribution in [2.24, 2.45) is 0 Å². The van der Waals surface area contributed by atoms with Crippen molar-refractivity contribution in [2.45, 2.75) is 420 Å². The first kappa shape index (κ1) is 121. The molecule has 0 unspecified atom stereocenters. The second-order valence-corrected chi connectivity index (χ2v) is 44.7. The smallest absolute Gasteiger partial charge is 0.317 e. The van der Waals surface area contributed by atoms with Gasteiger partial charge in [0.05, 0.1) is 93.8 Å². The maximum absolute atomic E-state index is 11.3. The standard InChI is InChI=1S/5C15H30N2O3.C14H23N3O10/c5*1-11(18)16-12-8-13(2,3)17(14(4,5)9-12)20-10-15(6,7)19;18-10(19)5-15(1-3-16(6-11(20)21)7-12(22)23)2-4-17(8-13(24)25)9-14(26)27/h5*12,19H,8-10H2,1-7H3,(H,16,18);1-9H2,(H,18,19)(H,20,21)(H,22,23)(H,24,25)(H,26,27). The van der Waals surface area contributed by atoms with Crippen LogP contribution in [0.3, 0.4) is 0 Å². The average molecular weight is 1830 g/mol. The number of carboxylic acids is 5. The molecule has 0 aromatic carbocycles. The summed E-state index contributed by atoms with van der Waals surface area (Å²) in [5, 5.41) is 118. The predicted octanol–water partition coefficient (Wildman–Crippen LogP) is 6.55. The Morgan fingerprint density at radius 1 is 0.252 bits per heavy atom. The Hall–Kier alpha value is -6.02. The van der Waals surface area contributed by atoms with Crippen LogP contribution in [0.5, 0.6) is 0 Å². The molecule has 38 nitrogen and oxygen atoms in total. The molecule has 5 amide bonds. The Kier molecular flexibility index (Phi) is 46.3. The summed E-state index contributed by atoms with van der Waals surface area (Å²) in [5.41, 5.74) is -6.38. The lowest BCUT2D eigenvalue weighted by molar-refractivity contribution is -0.299. The number of hydrogen-bond donors (Lipinski definition) is 15. The maximum atomic E-state index is 11.3. The molecule has 5 aliphatic heterocycles. The summed E-state index contributed by atoms with van der Waals surface area (Å²) >= 11 is 0. The summed E-state index contributed by atoms with van der Waals surface area (Å²) < 4.78 is 0. The quantitative estimate of drug-likeness (QED) is 0.0316. The molecule has 127 heavy (non-hydrogen) atoms. The third-order valence-corrected chi connectivity index (χ3v) is 21.0. The number of nitrogens with one attached hydrogen (secondary N) is 5. The van der Waals surface area contributed by atoms with Crippen LogP contribution < -0.4 is 26.6 Å². The third-order valence-electron chi connectivity index (χ3n) is 21.0. The zero-order valence-corrected chi connectivity index (χ0v) is 84.0. The van der Waals surface area contributed by atoms with Crippen molar-refractivity contribution in [1.29, 1.82) is 0 Å². The maximum Gasteiger partial charge on any atom is 0.317 e. The number of amides is 5. The Balaban J connectivity index is 0.00000151. The third kappa shape index (κ3) is 49.3. The van der Waals surface area contributed by atoms with Gasteiger partial charge in [0.15, 0.2) is 0 Å². The topological polar surface area (TPSA) is 505 Å². The number of aliphatic hydroxyl groups is 5. The Morgan fingerprint density at radius 3 is 0.465 bits per heavy atom. The lowest BCUT2D eigenvalue weighted by atomic mass is 9.79. The number of aliphatic carboxylic acids is 5. The van der Waals surface area contributed by atoms with E-state index in [4.69, 9.17) is 49.7 Å². The van der Waals surface area contributed by atoms with Crippen molar-refractivity contribution >= 4 is 59.4 Å². The first-order valence-corrected chi connectivity index (χ1v) is 44.1. The van der Waals surface area contributed by atoms with Crippen molar-refractivity contribution in [3.63, 3.8) is 0 Å². The number of hydroxylamine groups is 10. The average Bonchev–Trinajstić information content (AvgIpc) is 0.793. The van der Waals surface area contributed by atoms with Gasteiger partial charge in [0, 0.05) is 146 Å². The zero-order valence-electron chi connectivity index (χ0n) is 84.0. The molecule has 0 aromatic heterocycles. The Labute approximate surface area is 758 Å². The molecule has 5 saturated heterocycles. The van der Waals surface area contributed by atoms with Crippen molar-refractivity contribution in [3.8, 4) is 0 Å². The summed E-state index contributed by atoms with van der Waals surface area (Å²) in [7, 11) is 0. The van der Waals surface area contributed by atoms with E-state index in [9.17, 15) is 73.5 Å². The molecule has 744 valence electrons. The van der Waals surface area contributed by atoms with E-state index in [0.717, 1.165) is 74.0 Å². The second-order valence-electron chi connectivity index (χ2n) is 44.7. The molecule has 0 aliphatic carbocycles. The van der Waals surface area contributed by atoms with Crippen LogP contribution in [0.15, 0.2) is 0 Å². The van der Waals surface area contributed by atoms with Gasteiger partial charge < -0.3 is 77.6 Å².